The molecule has 0 aromatic heterocycles. The van der Waals surface area contributed by atoms with E-state index in [1.807, 2.05) is 6.92 Å². The molecule has 2 aliphatic heterocycles. The van der Waals surface area contributed by atoms with Crippen LogP contribution in [0.15, 0.2) is 35.9 Å². The van der Waals surface area contributed by atoms with Crippen LogP contribution in [0.5, 0.6) is 17.2 Å². The van der Waals surface area contributed by atoms with Crippen molar-refractivity contribution in [3.8, 4) is 17.2 Å². The van der Waals surface area contributed by atoms with E-state index in [2.05, 4.69) is 4.90 Å². The van der Waals surface area contributed by atoms with Crippen LogP contribution in [0.2, 0.25) is 0 Å². The second kappa shape index (κ2) is 13.9. The molecule has 0 spiro atoms. The van der Waals surface area contributed by atoms with Gasteiger partial charge in [0.25, 0.3) is 5.91 Å². The summed E-state index contributed by atoms with van der Waals surface area (Å²) >= 11 is 0. The second-order valence-corrected chi connectivity index (χ2v) is 10.6. The maximum atomic E-state index is 14.4. The van der Waals surface area contributed by atoms with Gasteiger partial charge in [0.15, 0.2) is 11.5 Å². The lowest BCUT2D eigenvalue weighted by atomic mass is 9.99. The van der Waals surface area contributed by atoms with Crippen LogP contribution < -0.4 is 14.2 Å². The highest BCUT2D eigenvalue weighted by atomic mass is 19.1. The van der Waals surface area contributed by atoms with Crippen LogP contribution in [0.3, 0.4) is 0 Å². The number of halogens is 2. The number of likely N-dealkylation sites (tertiary alicyclic amines) is 1. The molecule has 7 nitrogen and oxygen atoms in total. The van der Waals surface area contributed by atoms with Gasteiger partial charge in [-0.2, -0.15) is 0 Å². The van der Waals surface area contributed by atoms with Crippen molar-refractivity contribution >= 4 is 12.0 Å². The molecule has 9 heteroatoms. The molecule has 1 amide bonds. The molecule has 0 aliphatic carbocycles. The van der Waals surface area contributed by atoms with Crippen molar-refractivity contribution in [3.63, 3.8) is 0 Å². The van der Waals surface area contributed by atoms with E-state index in [1.54, 1.807) is 23.1 Å². The van der Waals surface area contributed by atoms with Gasteiger partial charge in [0.2, 0.25) is 5.75 Å². The molecule has 2 saturated heterocycles. The largest absolute Gasteiger partial charge is 0.493 e. The van der Waals surface area contributed by atoms with Gasteiger partial charge in [-0.1, -0.05) is 11.6 Å². The first-order valence-corrected chi connectivity index (χ1v) is 13.9. The Morgan fingerprint density at radius 3 is 2.38 bits per heavy atom. The number of hydrogen-bond acceptors (Lipinski definition) is 6. The van der Waals surface area contributed by atoms with Crippen LogP contribution >= 0.6 is 0 Å². The maximum Gasteiger partial charge on any atom is 0.254 e. The number of amides is 1. The Labute approximate surface area is 235 Å². The third kappa shape index (κ3) is 7.31. The Hall–Kier alpha value is -3.17. The van der Waals surface area contributed by atoms with Crippen LogP contribution in [0.25, 0.3) is 6.08 Å². The number of methoxy groups -OCH3 is 3. The molecule has 0 saturated carbocycles. The Kier molecular flexibility index (Phi) is 10.4. The standard InChI is InChI=1S/C31H40F2N2O5/c1-21(14-23-7-8-25(32)17-27(23)33)18-35(20-26-6-5-11-34(26)19-22-9-12-40-13-10-22)31(36)24-15-28(37-2)30(39-4)29(16-24)38-3/h7-8,14-17,22,26H,5-6,9-13,18-20H2,1-4H3/b21-14+. The summed E-state index contributed by atoms with van der Waals surface area (Å²) in [5.74, 6) is 0.342. The lowest BCUT2D eigenvalue weighted by Gasteiger charge is -2.34. The fraction of sp³-hybridized carbons (Fsp3) is 0.516. The monoisotopic (exact) mass is 558 g/mol. The molecule has 1 atom stereocenters. The van der Waals surface area contributed by atoms with Crippen LogP contribution in [-0.2, 0) is 4.74 Å². The highest BCUT2D eigenvalue weighted by molar-refractivity contribution is 5.96. The smallest absolute Gasteiger partial charge is 0.254 e. The summed E-state index contributed by atoms with van der Waals surface area (Å²) in [6.07, 6.45) is 5.86. The van der Waals surface area contributed by atoms with Gasteiger partial charge in [0, 0.05) is 56.1 Å². The summed E-state index contributed by atoms with van der Waals surface area (Å²) in [7, 11) is 4.55. The van der Waals surface area contributed by atoms with Crippen LogP contribution in [-0.4, -0.2) is 82.5 Å². The lowest BCUT2D eigenvalue weighted by Crippen LogP contribution is -2.45. The summed E-state index contributed by atoms with van der Waals surface area (Å²) in [6, 6.07) is 7.03. The highest BCUT2D eigenvalue weighted by Crippen LogP contribution is 2.38. The Balaban J connectivity index is 1.61. The topological polar surface area (TPSA) is 60.5 Å². The van der Waals surface area contributed by atoms with Crippen molar-refractivity contribution in [2.45, 2.75) is 38.6 Å². The normalized spacial score (nSPS) is 18.6. The van der Waals surface area contributed by atoms with Gasteiger partial charge in [-0.3, -0.25) is 9.69 Å². The van der Waals surface area contributed by atoms with Crippen LogP contribution in [0, 0.1) is 17.6 Å². The van der Waals surface area contributed by atoms with Crippen LogP contribution in [0.1, 0.15) is 48.5 Å². The fourth-order valence-electron chi connectivity index (χ4n) is 5.69. The molecular weight excluding hydrogens is 518 g/mol. The Bertz CT molecular complexity index is 1170. The minimum atomic E-state index is -0.639. The van der Waals surface area contributed by atoms with Crippen molar-refractivity contribution in [1.29, 1.82) is 0 Å². The van der Waals surface area contributed by atoms with E-state index in [-0.39, 0.29) is 24.1 Å². The Morgan fingerprint density at radius 2 is 1.75 bits per heavy atom. The number of ether oxygens (including phenoxy) is 4. The van der Waals surface area contributed by atoms with E-state index in [4.69, 9.17) is 18.9 Å². The Morgan fingerprint density at radius 1 is 1.05 bits per heavy atom. The SMILES string of the molecule is COc1cc(C(=O)N(C/C(C)=C/c2ccc(F)cc2F)CC2CCCN2CC2CCOCC2)cc(OC)c1OC. The molecule has 0 N–H and O–H groups in total. The number of benzene rings is 2. The zero-order chi connectivity index (χ0) is 28.6. The van der Waals surface area contributed by atoms with Gasteiger partial charge >= 0.3 is 0 Å². The quantitative estimate of drug-likeness (QED) is 0.367. The first-order chi connectivity index (χ1) is 19.3. The predicted molar refractivity (Wildman–Crippen MR) is 150 cm³/mol. The van der Waals surface area contributed by atoms with Gasteiger partial charge in [-0.25, -0.2) is 8.78 Å². The van der Waals surface area contributed by atoms with Crippen molar-refractivity contribution in [2.24, 2.45) is 5.92 Å². The molecule has 40 heavy (non-hydrogen) atoms. The second-order valence-electron chi connectivity index (χ2n) is 10.6. The average Bonchev–Trinajstić information content (AvgIpc) is 3.39. The molecule has 218 valence electrons. The van der Waals surface area contributed by atoms with E-state index in [1.165, 1.54) is 33.5 Å². The predicted octanol–water partition coefficient (Wildman–Crippen LogP) is 5.43. The molecule has 2 fully saturated rings. The highest BCUT2D eigenvalue weighted by Gasteiger charge is 2.31. The number of carbonyl (C=O) groups is 1. The van der Waals surface area contributed by atoms with Gasteiger partial charge in [-0.05, 0) is 69.3 Å². The number of hydrogen-bond donors (Lipinski definition) is 0. The lowest BCUT2D eigenvalue weighted by molar-refractivity contribution is 0.0467. The minimum absolute atomic E-state index is 0.190. The van der Waals surface area contributed by atoms with Gasteiger partial charge in [0.1, 0.15) is 11.6 Å². The van der Waals surface area contributed by atoms with Crippen LogP contribution in [0.4, 0.5) is 8.78 Å². The van der Waals surface area contributed by atoms with Gasteiger partial charge in [0.05, 0.1) is 21.3 Å². The zero-order valence-electron chi connectivity index (χ0n) is 23.9. The summed E-state index contributed by atoms with van der Waals surface area (Å²) in [5.41, 5.74) is 1.46. The molecule has 4 rings (SSSR count). The first kappa shape index (κ1) is 29.8. The summed E-state index contributed by atoms with van der Waals surface area (Å²) < 4.78 is 49.8. The van der Waals surface area contributed by atoms with Crippen molar-refractivity contribution < 1.29 is 32.5 Å². The minimum Gasteiger partial charge on any atom is -0.493 e. The van der Waals surface area contributed by atoms with Gasteiger partial charge in [-0.15, -0.1) is 0 Å². The van der Waals surface area contributed by atoms with E-state index in [9.17, 15) is 13.6 Å². The summed E-state index contributed by atoms with van der Waals surface area (Å²) in [4.78, 5) is 18.4. The summed E-state index contributed by atoms with van der Waals surface area (Å²) in [6.45, 7) is 6.27. The van der Waals surface area contributed by atoms with Gasteiger partial charge < -0.3 is 23.8 Å². The molecule has 2 aromatic rings. The third-order valence-corrected chi connectivity index (χ3v) is 7.77. The molecule has 2 aromatic carbocycles. The fourth-order valence-corrected chi connectivity index (χ4v) is 5.69. The van der Waals surface area contributed by atoms with Crippen molar-refractivity contribution in [2.75, 3.05) is 60.7 Å². The average molecular weight is 559 g/mol. The zero-order valence-corrected chi connectivity index (χ0v) is 23.9. The summed E-state index contributed by atoms with van der Waals surface area (Å²) in [5, 5.41) is 0. The van der Waals surface area contributed by atoms with E-state index >= 15 is 0 Å². The molecule has 1 unspecified atom stereocenters. The van der Waals surface area contributed by atoms with Crippen molar-refractivity contribution in [1.82, 2.24) is 9.80 Å². The third-order valence-electron chi connectivity index (χ3n) is 7.77. The van der Waals surface area contributed by atoms with E-state index in [0.29, 0.717) is 35.3 Å². The maximum absolute atomic E-state index is 14.4. The van der Waals surface area contributed by atoms with Crippen molar-refractivity contribution in [3.05, 3.63) is 58.7 Å². The first-order valence-electron chi connectivity index (χ1n) is 13.9. The molecule has 2 aliphatic rings. The number of rotatable bonds is 11. The molecular formula is C31H40F2N2O5. The van der Waals surface area contributed by atoms with E-state index < -0.39 is 11.6 Å². The molecule has 0 radical (unpaired) electrons. The number of nitrogens with zero attached hydrogens (tertiary/aromatic N) is 2. The van der Waals surface area contributed by atoms with E-state index in [0.717, 1.165) is 63.6 Å². The molecule has 2 heterocycles. The number of carbonyl (C=O) groups excluding carboxylic acids is 1. The molecule has 0 bridgehead atoms.